The van der Waals surface area contributed by atoms with Crippen molar-refractivity contribution in [3.63, 3.8) is 0 Å². The highest BCUT2D eigenvalue weighted by molar-refractivity contribution is 5.79. The normalized spacial score (nSPS) is 11.2. The third kappa shape index (κ3) is 5.90. The molecule has 3 aromatic carbocycles. The first kappa shape index (κ1) is 24.1. The molecule has 4 aromatic rings. The largest absolute Gasteiger partial charge is 0.493 e. The molecule has 0 radical (unpaired) electrons. The zero-order chi connectivity index (χ0) is 24.8. The molecule has 0 unspecified atom stereocenters. The van der Waals surface area contributed by atoms with Crippen LogP contribution < -0.4 is 9.47 Å². The first-order valence-electron chi connectivity index (χ1n) is 11.5. The lowest BCUT2D eigenvalue weighted by atomic mass is 10.0. The molecule has 0 spiro atoms. The molecule has 0 bridgehead atoms. The first-order chi connectivity index (χ1) is 16.9. The number of hydrogen-bond donors (Lipinski definition) is 0. The molecular weight excluding hydrogens is 442 g/mol. The van der Waals surface area contributed by atoms with Crippen molar-refractivity contribution in [2.45, 2.75) is 32.8 Å². The van der Waals surface area contributed by atoms with Gasteiger partial charge < -0.3 is 18.6 Å². The molecule has 0 aliphatic carbocycles. The van der Waals surface area contributed by atoms with E-state index in [1.165, 1.54) is 7.11 Å². The van der Waals surface area contributed by atoms with Gasteiger partial charge in [0.1, 0.15) is 17.3 Å². The monoisotopic (exact) mass is 471 g/mol. The van der Waals surface area contributed by atoms with E-state index in [0.717, 1.165) is 33.9 Å². The maximum atomic E-state index is 12.0. The van der Waals surface area contributed by atoms with Crippen molar-refractivity contribution >= 4 is 5.97 Å². The number of hydrogen-bond acceptors (Lipinski definition) is 6. The van der Waals surface area contributed by atoms with Crippen molar-refractivity contribution in [1.29, 1.82) is 0 Å². The summed E-state index contributed by atoms with van der Waals surface area (Å²) in [5, 5.41) is 0. The van der Waals surface area contributed by atoms with E-state index in [-0.39, 0.29) is 0 Å². The summed E-state index contributed by atoms with van der Waals surface area (Å²) in [6.45, 7) is 5.76. The Labute approximate surface area is 205 Å². The number of aryl methyl sites for hydroxylation is 1. The predicted molar refractivity (Wildman–Crippen MR) is 134 cm³/mol. The van der Waals surface area contributed by atoms with Crippen LogP contribution in [0, 0.1) is 6.92 Å². The highest BCUT2D eigenvalue weighted by atomic mass is 16.6. The summed E-state index contributed by atoms with van der Waals surface area (Å²) in [5.41, 5.74) is 2.69. The molecule has 0 atom stereocenters. The van der Waals surface area contributed by atoms with Crippen LogP contribution in [-0.2, 0) is 16.0 Å². The molecule has 4 rings (SSSR count). The second-order valence-electron chi connectivity index (χ2n) is 8.65. The van der Waals surface area contributed by atoms with Crippen LogP contribution in [0.25, 0.3) is 22.6 Å². The number of methoxy groups -OCH3 is 1. The summed E-state index contributed by atoms with van der Waals surface area (Å²) in [5.74, 6) is 2.33. The van der Waals surface area contributed by atoms with E-state index in [1.807, 2.05) is 85.8 Å². The van der Waals surface area contributed by atoms with Crippen LogP contribution in [0.15, 0.2) is 83.3 Å². The minimum Gasteiger partial charge on any atom is -0.493 e. The third-order valence-corrected chi connectivity index (χ3v) is 5.57. The van der Waals surface area contributed by atoms with Gasteiger partial charge in [0.05, 0.1) is 19.4 Å². The van der Waals surface area contributed by atoms with E-state index in [2.05, 4.69) is 4.98 Å². The van der Waals surface area contributed by atoms with Gasteiger partial charge in [-0.05, 0) is 68.3 Å². The maximum Gasteiger partial charge on any atom is 0.349 e. The zero-order valence-electron chi connectivity index (χ0n) is 20.4. The molecule has 1 heterocycles. The van der Waals surface area contributed by atoms with Gasteiger partial charge in [-0.2, -0.15) is 0 Å². The fraction of sp³-hybridized carbons (Fsp3) is 0.241. The van der Waals surface area contributed by atoms with Crippen LogP contribution in [0.2, 0.25) is 0 Å². The van der Waals surface area contributed by atoms with Gasteiger partial charge >= 0.3 is 5.97 Å². The van der Waals surface area contributed by atoms with Crippen LogP contribution in [0.3, 0.4) is 0 Å². The number of esters is 1. The van der Waals surface area contributed by atoms with Crippen molar-refractivity contribution in [2.24, 2.45) is 0 Å². The highest BCUT2D eigenvalue weighted by Crippen LogP contribution is 2.29. The summed E-state index contributed by atoms with van der Waals surface area (Å²) < 4.78 is 22.6. The average Bonchev–Trinajstić information content (AvgIpc) is 3.24. The minimum atomic E-state index is -1.09. The SMILES string of the molecule is COC(=O)C(C)(C)Oc1cccc(-c2cccc(OCCc3nc(-c4ccccc4)oc3C)c2)c1. The fourth-order valence-corrected chi connectivity index (χ4v) is 3.72. The molecule has 0 amide bonds. The van der Waals surface area contributed by atoms with Gasteiger partial charge in [0.15, 0.2) is 5.60 Å². The van der Waals surface area contributed by atoms with Crippen LogP contribution in [0.1, 0.15) is 25.3 Å². The summed E-state index contributed by atoms with van der Waals surface area (Å²) in [7, 11) is 1.35. The molecule has 180 valence electrons. The zero-order valence-corrected chi connectivity index (χ0v) is 20.4. The molecule has 35 heavy (non-hydrogen) atoms. The lowest BCUT2D eigenvalue weighted by Gasteiger charge is -2.23. The lowest BCUT2D eigenvalue weighted by Crippen LogP contribution is -2.39. The molecule has 6 heteroatoms. The third-order valence-electron chi connectivity index (χ3n) is 5.57. The highest BCUT2D eigenvalue weighted by Gasteiger charge is 2.31. The van der Waals surface area contributed by atoms with E-state index < -0.39 is 11.6 Å². The van der Waals surface area contributed by atoms with Gasteiger partial charge in [0.25, 0.3) is 0 Å². The quantitative estimate of drug-likeness (QED) is 0.268. The minimum absolute atomic E-state index is 0.434. The molecule has 0 aliphatic rings. The lowest BCUT2D eigenvalue weighted by molar-refractivity contribution is -0.156. The van der Waals surface area contributed by atoms with Crippen LogP contribution in [0.5, 0.6) is 11.5 Å². The number of ether oxygens (including phenoxy) is 3. The Hall–Kier alpha value is -4.06. The van der Waals surface area contributed by atoms with Gasteiger partial charge in [-0.15, -0.1) is 0 Å². The number of oxazole rings is 1. The molecule has 1 aromatic heterocycles. The molecule has 0 aliphatic heterocycles. The van der Waals surface area contributed by atoms with Gasteiger partial charge in [-0.3, -0.25) is 0 Å². The van der Waals surface area contributed by atoms with E-state index in [1.54, 1.807) is 13.8 Å². The van der Waals surface area contributed by atoms with Gasteiger partial charge in [0, 0.05) is 12.0 Å². The molecule has 0 N–H and O–H groups in total. The Morgan fingerprint density at radius 1 is 0.886 bits per heavy atom. The fourth-order valence-electron chi connectivity index (χ4n) is 3.72. The maximum absolute atomic E-state index is 12.0. The molecule has 0 saturated carbocycles. The van der Waals surface area contributed by atoms with E-state index in [0.29, 0.717) is 24.7 Å². The summed E-state index contributed by atoms with van der Waals surface area (Å²) in [6, 6.07) is 25.3. The summed E-state index contributed by atoms with van der Waals surface area (Å²) >= 11 is 0. The van der Waals surface area contributed by atoms with Crippen molar-refractivity contribution in [3.8, 4) is 34.1 Å². The Balaban J connectivity index is 1.41. The van der Waals surface area contributed by atoms with Crippen LogP contribution in [0.4, 0.5) is 0 Å². The molecular formula is C29H29NO5. The molecule has 0 fully saturated rings. The van der Waals surface area contributed by atoms with Crippen molar-refractivity contribution < 1.29 is 23.4 Å². The molecule has 0 saturated heterocycles. The number of benzene rings is 3. The standard InChI is InChI=1S/C29H29NO5/c1-20-26(30-27(34-20)21-10-6-5-7-11-21)16-17-33-24-14-8-12-22(18-24)23-13-9-15-25(19-23)35-29(2,3)28(31)32-4/h5-15,18-19H,16-17H2,1-4H3. The Bertz CT molecular complexity index is 1290. The molecule has 6 nitrogen and oxygen atoms in total. The number of rotatable bonds is 9. The average molecular weight is 472 g/mol. The second-order valence-corrected chi connectivity index (χ2v) is 8.65. The predicted octanol–water partition coefficient (Wildman–Crippen LogP) is 6.27. The first-order valence-corrected chi connectivity index (χ1v) is 11.5. The van der Waals surface area contributed by atoms with Gasteiger partial charge in [0.2, 0.25) is 5.89 Å². The van der Waals surface area contributed by atoms with Crippen LogP contribution in [-0.4, -0.2) is 30.3 Å². The Kier molecular flexibility index (Phi) is 7.20. The van der Waals surface area contributed by atoms with Gasteiger partial charge in [-0.1, -0.05) is 42.5 Å². The number of aromatic nitrogens is 1. The summed E-state index contributed by atoms with van der Waals surface area (Å²) in [6.07, 6.45) is 0.637. The van der Waals surface area contributed by atoms with Gasteiger partial charge in [-0.25, -0.2) is 9.78 Å². The second kappa shape index (κ2) is 10.5. The Morgan fingerprint density at radius 2 is 1.51 bits per heavy atom. The van der Waals surface area contributed by atoms with E-state index in [4.69, 9.17) is 18.6 Å². The summed E-state index contributed by atoms with van der Waals surface area (Å²) in [4.78, 5) is 16.6. The van der Waals surface area contributed by atoms with Crippen molar-refractivity contribution in [3.05, 3.63) is 90.3 Å². The van der Waals surface area contributed by atoms with Crippen molar-refractivity contribution in [1.82, 2.24) is 4.98 Å². The van der Waals surface area contributed by atoms with E-state index in [9.17, 15) is 4.79 Å². The Morgan fingerprint density at radius 3 is 2.20 bits per heavy atom. The number of carbonyl (C=O) groups is 1. The smallest absolute Gasteiger partial charge is 0.349 e. The topological polar surface area (TPSA) is 70.8 Å². The number of carbonyl (C=O) groups excluding carboxylic acids is 1. The van der Waals surface area contributed by atoms with Crippen molar-refractivity contribution in [2.75, 3.05) is 13.7 Å². The van der Waals surface area contributed by atoms with E-state index >= 15 is 0 Å². The number of nitrogens with zero attached hydrogens (tertiary/aromatic N) is 1. The van der Waals surface area contributed by atoms with Crippen LogP contribution >= 0.6 is 0 Å².